The average Bonchev–Trinajstić information content (AvgIpc) is 2.52. The Labute approximate surface area is 124 Å². The molecule has 0 aromatic heterocycles. The highest BCUT2D eigenvalue weighted by atomic mass is 16.5. The molecule has 2 rings (SSSR count). The summed E-state index contributed by atoms with van der Waals surface area (Å²) in [6.45, 7) is 7.40. The van der Waals surface area contributed by atoms with Crippen LogP contribution in [0.25, 0.3) is 0 Å². The van der Waals surface area contributed by atoms with Gasteiger partial charge in [0.25, 0.3) is 0 Å². The van der Waals surface area contributed by atoms with Crippen LogP contribution in [0.1, 0.15) is 62.5 Å². The summed E-state index contributed by atoms with van der Waals surface area (Å²) in [7, 11) is 0. The predicted octanol–water partition coefficient (Wildman–Crippen LogP) is 5.46. The van der Waals surface area contributed by atoms with Crippen molar-refractivity contribution in [3.05, 3.63) is 48.0 Å². The Bertz CT molecular complexity index is 385. The first kappa shape index (κ1) is 15.3. The number of allylic oxidation sites excluding steroid dienone is 1. The molecular formula is C19H28O. The van der Waals surface area contributed by atoms with Crippen molar-refractivity contribution in [3.63, 3.8) is 0 Å². The van der Waals surface area contributed by atoms with Gasteiger partial charge in [-0.25, -0.2) is 0 Å². The lowest BCUT2D eigenvalue weighted by Crippen LogP contribution is -2.13. The van der Waals surface area contributed by atoms with Crippen molar-refractivity contribution in [3.8, 4) is 0 Å². The Morgan fingerprint density at radius 2 is 1.85 bits per heavy atom. The molecule has 1 heteroatoms. The molecule has 1 aliphatic carbocycles. The summed E-state index contributed by atoms with van der Waals surface area (Å²) >= 11 is 0. The second-order valence-electron chi connectivity index (χ2n) is 5.96. The summed E-state index contributed by atoms with van der Waals surface area (Å²) in [6, 6.07) is 9.08. The number of benzene rings is 1. The molecule has 0 saturated heterocycles. The van der Waals surface area contributed by atoms with Crippen molar-refractivity contribution >= 4 is 0 Å². The molecule has 20 heavy (non-hydrogen) atoms. The lowest BCUT2D eigenvalue weighted by Gasteiger charge is -2.28. The minimum absolute atomic E-state index is 0.741. The third-order valence-electron chi connectivity index (χ3n) is 4.55. The molecule has 0 bridgehead atoms. The molecular weight excluding hydrogens is 244 g/mol. The van der Waals surface area contributed by atoms with E-state index in [2.05, 4.69) is 36.9 Å². The van der Waals surface area contributed by atoms with Crippen molar-refractivity contribution in [1.29, 1.82) is 0 Å². The molecule has 0 spiro atoms. The molecule has 1 aromatic carbocycles. The number of ether oxygens (including phenoxy) is 1. The fraction of sp³-hybridized carbons (Fsp3) is 0.579. The highest BCUT2D eigenvalue weighted by Crippen LogP contribution is 2.37. The first-order valence-corrected chi connectivity index (χ1v) is 8.11. The van der Waals surface area contributed by atoms with Gasteiger partial charge in [0.1, 0.15) is 0 Å². The Hall–Kier alpha value is -1.08. The summed E-state index contributed by atoms with van der Waals surface area (Å²) in [4.78, 5) is 0. The van der Waals surface area contributed by atoms with Crippen molar-refractivity contribution in [2.75, 3.05) is 6.61 Å². The van der Waals surface area contributed by atoms with Crippen LogP contribution in [-0.4, -0.2) is 6.61 Å². The maximum atomic E-state index is 5.45. The summed E-state index contributed by atoms with van der Waals surface area (Å²) in [5, 5.41) is 0. The van der Waals surface area contributed by atoms with E-state index >= 15 is 0 Å². The second kappa shape index (κ2) is 8.26. The molecule has 0 N–H and O–H groups in total. The maximum absolute atomic E-state index is 5.45. The normalized spacial score (nSPS) is 22.6. The van der Waals surface area contributed by atoms with Crippen LogP contribution < -0.4 is 0 Å². The number of rotatable bonds is 7. The Morgan fingerprint density at radius 1 is 1.15 bits per heavy atom. The second-order valence-corrected chi connectivity index (χ2v) is 5.96. The molecule has 0 aliphatic heterocycles. The first-order chi connectivity index (χ1) is 9.83. The minimum atomic E-state index is 0.741. The van der Waals surface area contributed by atoms with Gasteiger partial charge in [-0.2, -0.15) is 0 Å². The van der Waals surface area contributed by atoms with Crippen molar-refractivity contribution in [2.24, 2.45) is 5.92 Å². The van der Waals surface area contributed by atoms with E-state index in [9.17, 15) is 0 Å². The van der Waals surface area contributed by atoms with Gasteiger partial charge in [-0.3, -0.25) is 0 Å². The molecule has 0 amide bonds. The van der Waals surface area contributed by atoms with Gasteiger partial charge in [0.2, 0.25) is 0 Å². The van der Waals surface area contributed by atoms with Crippen LogP contribution in [0.4, 0.5) is 0 Å². The van der Waals surface area contributed by atoms with E-state index in [4.69, 9.17) is 4.74 Å². The summed E-state index contributed by atoms with van der Waals surface area (Å²) < 4.78 is 5.45. The molecule has 0 heterocycles. The highest BCUT2D eigenvalue weighted by molar-refractivity contribution is 5.25. The van der Waals surface area contributed by atoms with E-state index in [1.807, 2.05) is 6.92 Å². The molecule has 110 valence electrons. The van der Waals surface area contributed by atoms with Gasteiger partial charge in [0.15, 0.2) is 0 Å². The smallest absolute Gasteiger partial charge is 0.0716 e. The van der Waals surface area contributed by atoms with Gasteiger partial charge in [-0.1, -0.05) is 30.3 Å². The maximum Gasteiger partial charge on any atom is 0.0716 e. The van der Waals surface area contributed by atoms with E-state index in [1.54, 1.807) is 0 Å². The van der Waals surface area contributed by atoms with Crippen LogP contribution in [-0.2, 0) is 11.3 Å². The van der Waals surface area contributed by atoms with Gasteiger partial charge >= 0.3 is 0 Å². The number of hydrogen-bond acceptors (Lipinski definition) is 1. The third-order valence-corrected chi connectivity index (χ3v) is 4.55. The summed E-state index contributed by atoms with van der Waals surface area (Å²) in [6.07, 6.45) is 10.1. The molecule has 0 atom stereocenters. The van der Waals surface area contributed by atoms with Crippen LogP contribution in [0, 0.1) is 5.92 Å². The fourth-order valence-electron chi connectivity index (χ4n) is 3.24. The van der Waals surface area contributed by atoms with E-state index in [0.29, 0.717) is 0 Å². The fourth-order valence-corrected chi connectivity index (χ4v) is 3.24. The van der Waals surface area contributed by atoms with Crippen LogP contribution in [0.15, 0.2) is 36.9 Å². The topological polar surface area (TPSA) is 9.23 Å². The Kier molecular flexibility index (Phi) is 6.32. The van der Waals surface area contributed by atoms with Crippen LogP contribution >= 0.6 is 0 Å². The van der Waals surface area contributed by atoms with Gasteiger partial charge in [-0.05, 0) is 68.4 Å². The zero-order chi connectivity index (χ0) is 14.2. The lowest BCUT2D eigenvalue weighted by molar-refractivity contribution is 0.134. The Morgan fingerprint density at radius 3 is 2.45 bits per heavy atom. The van der Waals surface area contributed by atoms with E-state index in [-0.39, 0.29) is 0 Å². The zero-order valence-corrected chi connectivity index (χ0v) is 12.8. The highest BCUT2D eigenvalue weighted by Gasteiger charge is 2.21. The van der Waals surface area contributed by atoms with Crippen LogP contribution in [0.5, 0.6) is 0 Å². The van der Waals surface area contributed by atoms with Gasteiger partial charge < -0.3 is 4.74 Å². The first-order valence-electron chi connectivity index (χ1n) is 8.11. The number of hydrogen-bond donors (Lipinski definition) is 0. The van der Waals surface area contributed by atoms with Crippen LogP contribution in [0.3, 0.4) is 0 Å². The van der Waals surface area contributed by atoms with E-state index in [1.165, 1.54) is 49.7 Å². The predicted molar refractivity (Wildman–Crippen MR) is 85.9 cm³/mol. The van der Waals surface area contributed by atoms with Crippen molar-refractivity contribution < 1.29 is 4.74 Å². The zero-order valence-electron chi connectivity index (χ0n) is 12.8. The Balaban J connectivity index is 1.82. The molecule has 0 unspecified atom stereocenters. The molecule has 1 aliphatic rings. The quantitative estimate of drug-likeness (QED) is 0.599. The van der Waals surface area contributed by atoms with Gasteiger partial charge in [0.05, 0.1) is 6.61 Å². The summed E-state index contributed by atoms with van der Waals surface area (Å²) in [5.41, 5.74) is 2.81. The van der Waals surface area contributed by atoms with Crippen molar-refractivity contribution in [2.45, 2.75) is 58.0 Å². The SMILES string of the molecule is C=CCCC1CCC(c2ccc(COCC)cc2)CC1. The summed E-state index contributed by atoms with van der Waals surface area (Å²) in [5.74, 6) is 1.71. The van der Waals surface area contributed by atoms with E-state index < -0.39 is 0 Å². The monoisotopic (exact) mass is 272 g/mol. The lowest BCUT2D eigenvalue weighted by atomic mass is 9.77. The largest absolute Gasteiger partial charge is 0.377 e. The van der Waals surface area contributed by atoms with E-state index in [0.717, 1.165) is 25.0 Å². The van der Waals surface area contributed by atoms with Crippen molar-refractivity contribution in [1.82, 2.24) is 0 Å². The molecule has 1 nitrogen and oxygen atoms in total. The minimum Gasteiger partial charge on any atom is -0.377 e. The molecule has 1 saturated carbocycles. The van der Waals surface area contributed by atoms with Crippen LogP contribution in [0.2, 0.25) is 0 Å². The molecule has 1 aromatic rings. The molecule has 1 fully saturated rings. The molecule has 0 radical (unpaired) electrons. The van der Waals surface area contributed by atoms with Gasteiger partial charge in [0, 0.05) is 6.61 Å². The standard InChI is InChI=1S/C19H28O/c1-3-5-6-16-7-11-18(12-8-16)19-13-9-17(10-14-19)15-20-4-2/h3,9-10,13-14,16,18H,1,4-8,11-12,15H2,2H3. The average molecular weight is 272 g/mol. The van der Waals surface area contributed by atoms with Gasteiger partial charge in [-0.15, -0.1) is 6.58 Å². The third kappa shape index (κ3) is 4.49.